The van der Waals surface area contributed by atoms with E-state index in [2.05, 4.69) is 35.8 Å². The minimum absolute atomic E-state index is 0.193. The van der Waals surface area contributed by atoms with Gasteiger partial charge in [0.15, 0.2) is 0 Å². The van der Waals surface area contributed by atoms with Crippen LogP contribution in [0.15, 0.2) is 17.8 Å². The lowest BCUT2D eigenvalue weighted by Gasteiger charge is -2.14. The molecule has 0 aromatic carbocycles. The minimum atomic E-state index is 0.193. The summed E-state index contributed by atoms with van der Waals surface area (Å²) >= 11 is 1.75. The zero-order chi connectivity index (χ0) is 13.4. The second-order valence-corrected chi connectivity index (χ2v) is 6.48. The van der Waals surface area contributed by atoms with Crippen LogP contribution >= 0.6 is 11.3 Å². The fourth-order valence-electron chi connectivity index (χ4n) is 2.08. The number of hydrogen-bond acceptors (Lipinski definition) is 4. The van der Waals surface area contributed by atoms with E-state index in [4.69, 9.17) is 4.98 Å². The van der Waals surface area contributed by atoms with Gasteiger partial charge in [-0.05, 0) is 18.8 Å². The van der Waals surface area contributed by atoms with Crippen LogP contribution in [0.25, 0.3) is 0 Å². The van der Waals surface area contributed by atoms with Gasteiger partial charge in [-0.15, -0.1) is 11.3 Å². The van der Waals surface area contributed by atoms with Crippen LogP contribution in [0.2, 0.25) is 0 Å². The number of aromatic nitrogens is 3. The number of hydrogen-bond donors (Lipinski definition) is 1. The SMILES string of the molecule is CC(C)c1csc(C(NC2CC2)c2cnn(C)c2)n1. The first-order valence-electron chi connectivity index (χ1n) is 6.83. The van der Waals surface area contributed by atoms with E-state index in [0.29, 0.717) is 12.0 Å². The highest BCUT2D eigenvalue weighted by molar-refractivity contribution is 7.09. The maximum absolute atomic E-state index is 4.80. The summed E-state index contributed by atoms with van der Waals surface area (Å²) in [6, 6.07) is 0.843. The van der Waals surface area contributed by atoms with Crippen LogP contribution in [-0.2, 0) is 7.05 Å². The van der Waals surface area contributed by atoms with E-state index in [1.54, 1.807) is 11.3 Å². The van der Waals surface area contributed by atoms with Gasteiger partial charge in [-0.3, -0.25) is 4.68 Å². The highest BCUT2D eigenvalue weighted by atomic mass is 32.1. The van der Waals surface area contributed by atoms with Crippen LogP contribution in [0, 0.1) is 0 Å². The lowest BCUT2D eigenvalue weighted by molar-refractivity contribution is 0.594. The van der Waals surface area contributed by atoms with Crippen molar-refractivity contribution in [1.29, 1.82) is 0 Å². The molecule has 0 spiro atoms. The van der Waals surface area contributed by atoms with Crippen molar-refractivity contribution in [1.82, 2.24) is 20.1 Å². The minimum Gasteiger partial charge on any atom is -0.301 e. The lowest BCUT2D eigenvalue weighted by atomic mass is 10.1. The Kier molecular flexibility index (Phi) is 3.41. The van der Waals surface area contributed by atoms with E-state index in [1.807, 2.05) is 17.9 Å². The van der Waals surface area contributed by atoms with Crippen LogP contribution in [0.5, 0.6) is 0 Å². The predicted octanol–water partition coefficient (Wildman–Crippen LogP) is 2.84. The topological polar surface area (TPSA) is 42.7 Å². The van der Waals surface area contributed by atoms with Gasteiger partial charge in [0.1, 0.15) is 5.01 Å². The molecule has 1 saturated carbocycles. The fraction of sp³-hybridized carbons (Fsp3) is 0.571. The van der Waals surface area contributed by atoms with Gasteiger partial charge in [0.05, 0.1) is 17.9 Å². The molecule has 1 unspecified atom stereocenters. The summed E-state index contributed by atoms with van der Waals surface area (Å²) in [6.45, 7) is 4.37. The zero-order valence-electron chi connectivity index (χ0n) is 11.6. The molecule has 1 aliphatic rings. The van der Waals surface area contributed by atoms with Crippen LogP contribution in [0.1, 0.15) is 54.9 Å². The quantitative estimate of drug-likeness (QED) is 0.913. The van der Waals surface area contributed by atoms with Crippen LogP contribution in [0.3, 0.4) is 0 Å². The number of rotatable bonds is 5. The van der Waals surface area contributed by atoms with Crippen LogP contribution < -0.4 is 5.32 Å². The number of aryl methyl sites for hydroxylation is 1. The Morgan fingerprint density at radius 2 is 2.21 bits per heavy atom. The third-order valence-electron chi connectivity index (χ3n) is 3.42. The third kappa shape index (κ3) is 2.87. The molecule has 1 aliphatic carbocycles. The van der Waals surface area contributed by atoms with Crippen molar-refractivity contribution in [3.63, 3.8) is 0 Å². The van der Waals surface area contributed by atoms with Gasteiger partial charge in [0.2, 0.25) is 0 Å². The van der Waals surface area contributed by atoms with Crippen LogP contribution in [-0.4, -0.2) is 20.8 Å². The molecule has 2 heterocycles. The summed E-state index contributed by atoms with van der Waals surface area (Å²) in [5.74, 6) is 0.487. The van der Waals surface area contributed by atoms with Gasteiger partial charge in [0, 0.05) is 30.2 Å². The number of thiazole rings is 1. The Morgan fingerprint density at radius 3 is 2.74 bits per heavy atom. The summed E-state index contributed by atoms with van der Waals surface area (Å²) < 4.78 is 1.86. The van der Waals surface area contributed by atoms with Gasteiger partial charge in [0.25, 0.3) is 0 Å². The summed E-state index contributed by atoms with van der Waals surface area (Å²) in [7, 11) is 1.96. The molecular formula is C14H20N4S. The molecule has 3 rings (SSSR count). The van der Waals surface area contributed by atoms with Gasteiger partial charge in [-0.2, -0.15) is 5.10 Å². The highest BCUT2D eigenvalue weighted by Gasteiger charge is 2.28. The number of nitrogens with one attached hydrogen (secondary N) is 1. The Hall–Kier alpha value is -1.20. The Labute approximate surface area is 117 Å². The summed E-state index contributed by atoms with van der Waals surface area (Å²) in [4.78, 5) is 4.80. The molecule has 4 nitrogen and oxygen atoms in total. The highest BCUT2D eigenvalue weighted by Crippen LogP contribution is 2.31. The summed E-state index contributed by atoms with van der Waals surface area (Å²) in [5, 5.41) is 11.3. The largest absolute Gasteiger partial charge is 0.301 e. The van der Waals surface area contributed by atoms with Crippen molar-refractivity contribution >= 4 is 11.3 Å². The standard InChI is InChI=1S/C14H20N4S/c1-9(2)12-8-19-14(17-12)13(16-11-4-5-11)10-6-15-18(3)7-10/h6-9,11,13,16H,4-5H2,1-3H3. The third-order valence-corrected chi connectivity index (χ3v) is 4.34. The van der Waals surface area contributed by atoms with E-state index < -0.39 is 0 Å². The smallest absolute Gasteiger partial charge is 0.115 e. The molecule has 0 amide bonds. The van der Waals surface area contributed by atoms with E-state index in [-0.39, 0.29) is 6.04 Å². The van der Waals surface area contributed by atoms with Crippen molar-refractivity contribution in [2.24, 2.45) is 7.05 Å². The second-order valence-electron chi connectivity index (χ2n) is 5.59. The van der Waals surface area contributed by atoms with Gasteiger partial charge in [-0.25, -0.2) is 4.98 Å². The summed E-state index contributed by atoms with van der Waals surface area (Å²) in [6.07, 6.45) is 6.57. The average molecular weight is 276 g/mol. The van der Waals surface area contributed by atoms with Crippen molar-refractivity contribution in [2.45, 2.75) is 44.7 Å². The van der Waals surface area contributed by atoms with Crippen LogP contribution in [0.4, 0.5) is 0 Å². The molecule has 19 heavy (non-hydrogen) atoms. The first-order chi connectivity index (χ1) is 9.13. The first-order valence-corrected chi connectivity index (χ1v) is 7.71. The van der Waals surface area contributed by atoms with Gasteiger partial charge >= 0.3 is 0 Å². The maximum Gasteiger partial charge on any atom is 0.115 e. The predicted molar refractivity (Wildman–Crippen MR) is 77.4 cm³/mol. The number of nitrogens with zero attached hydrogens (tertiary/aromatic N) is 3. The van der Waals surface area contributed by atoms with E-state index in [9.17, 15) is 0 Å². The Morgan fingerprint density at radius 1 is 1.42 bits per heavy atom. The molecular weight excluding hydrogens is 256 g/mol. The zero-order valence-corrected chi connectivity index (χ0v) is 12.4. The molecule has 0 radical (unpaired) electrons. The molecule has 1 atom stereocenters. The molecule has 0 bridgehead atoms. The van der Waals surface area contributed by atoms with E-state index in [0.717, 1.165) is 5.01 Å². The molecule has 1 fully saturated rings. The molecule has 5 heteroatoms. The molecule has 0 saturated heterocycles. The lowest BCUT2D eigenvalue weighted by Crippen LogP contribution is -2.24. The molecule has 1 N–H and O–H groups in total. The van der Waals surface area contributed by atoms with E-state index in [1.165, 1.54) is 24.1 Å². The Bertz CT molecular complexity index is 553. The molecule has 102 valence electrons. The van der Waals surface area contributed by atoms with E-state index >= 15 is 0 Å². The van der Waals surface area contributed by atoms with Crippen molar-refractivity contribution < 1.29 is 0 Å². The average Bonchev–Trinajstić information content (AvgIpc) is 2.89. The Balaban J connectivity index is 1.88. The van der Waals surface area contributed by atoms with Crippen molar-refractivity contribution in [2.75, 3.05) is 0 Å². The molecule has 0 aliphatic heterocycles. The van der Waals surface area contributed by atoms with Crippen molar-refractivity contribution in [3.8, 4) is 0 Å². The normalized spacial score (nSPS) is 17.1. The summed E-state index contributed by atoms with van der Waals surface area (Å²) in [5.41, 5.74) is 2.39. The fourth-order valence-corrected chi connectivity index (χ4v) is 3.15. The van der Waals surface area contributed by atoms with Crippen molar-refractivity contribution in [3.05, 3.63) is 34.0 Å². The molecule has 2 aromatic rings. The van der Waals surface area contributed by atoms with Gasteiger partial charge in [-0.1, -0.05) is 13.8 Å². The molecule has 2 aromatic heterocycles. The first kappa shape index (κ1) is 12.8. The van der Waals surface area contributed by atoms with Gasteiger partial charge < -0.3 is 5.32 Å². The second kappa shape index (κ2) is 5.06. The maximum atomic E-state index is 4.80. The monoisotopic (exact) mass is 276 g/mol.